The van der Waals surface area contributed by atoms with Crippen molar-refractivity contribution in [3.05, 3.63) is 30.1 Å². The number of hydrogen-bond donors (Lipinski definition) is 0. The van der Waals surface area contributed by atoms with Gasteiger partial charge in [0.1, 0.15) is 17.9 Å². The fourth-order valence-electron chi connectivity index (χ4n) is 2.36. The van der Waals surface area contributed by atoms with Crippen LogP contribution in [-0.4, -0.2) is 24.7 Å². The van der Waals surface area contributed by atoms with Crippen molar-refractivity contribution >= 4 is 17.1 Å². The second kappa shape index (κ2) is 5.76. The van der Waals surface area contributed by atoms with Gasteiger partial charge >= 0.3 is 0 Å². The highest BCUT2D eigenvalue weighted by Gasteiger charge is 2.26. The van der Waals surface area contributed by atoms with E-state index in [2.05, 4.69) is 16.8 Å². The predicted molar refractivity (Wildman–Crippen MR) is 80.4 cm³/mol. The van der Waals surface area contributed by atoms with Crippen LogP contribution in [0.3, 0.4) is 0 Å². The van der Waals surface area contributed by atoms with Crippen LogP contribution < -0.4 is 9.64 Å². The molecule has 21 heavy (non-hydrogen) atoms. The molecule has 4 nitrogen and oxygen atoms in total. The van der Waals surface area contributed by atoms with Gasteiger partial charge in [0, 0.05) is 19.2 Å². The quantitative estimate of drug-likeness (QED) is 0.836. The average Bonchev–Trinajstić information content (AvgIpc) is 2.87. The molecule has 1 aromatic carbocycles. The Labute approximate surface area is 123 Å². The number of benzene rings is 1. The lowest BCUT2D eigenvalue weighted by Crippen LogP contribution is -2.45. The van der Waals surface area contributed by atoms with Gasteiger partial charge in [0.05, 0.1) is 6.33 Å². The first kappa shape index (κ1) is 13.9. The zero-order valence-electron chi connectivity index (χ0n) is 12.3. The number of anilines is 1. The number of fused-ring (bicyclic) bond motifs is 1. The van der Waals surface area contributed by atoms with E-state index in [0.29, 0.717) is 41.6 Å². The van der Waals surface area contributed by atoms with Crippen LogP contribution in [0.25, 0.3) is 11.1 Å². The Bertz CT molecular complexity index is 659. The third-order valence-electron chi connectivity index (χ3n) is 3.72. The van der Waals surface area contributed by atoms with Gasteiger partial charge in [-0.1, -0.05) is 13.8 Å². The molecule has 1 saturated heterocycles. The van der Waals surface area contributed by atoms with E-state index in [0.717, 1.165) is 18.6 Å². The van der Waals surface area contributed by atoms with E-state index in [1.165, 1.54) is 0 Å². The number of aromatic nitrogens is 1. The summed E-state index contributed by atoms with van der Waals surface area (Å²) in [6.07, 6.45) is 1.24. The summed E-state index contributed by atoms with van der Waals surface area (Å²) >= 11 is 0. The first-order valence-electron chi connectivity index (χ1n) is 7.26. The summed E-state index contributed by atoms with van der Waals surface area (Å²) in [5.41, 5.74) is 2.14. The minimum absolute atomic E-state index is 0.253. The van der Waals surface area contributed by atoms with Gasteiger partial charge in [-0.2, -0.15) is 4.98 Å². The lowest BCUT2D eigenvalue weighted by atomic mass is 10.0. The minimum Gasteiger partial charge on any atom is -0.489 e. The van der Waals surface area contributed by atoms with Gasteiger partial charge in [0.15, 0.2) is 5.58 Å². The third kappa shape index (κ3) is 2.86. The van der Waals surface area contributed by atoms with Gasteiger partial charge < -0.3 is 14.1 Å². The van der Waals surface area contributed by atoms with Crippen molar-refractivity contribution in [3.8, 4) is 5.75 Å². The van der Waals surface area contributed by atoms with Gasteiger partial charge in [0.2, 0.25) is 0 Å². The summed E-state index contributed by atoms with van der Waals surface area (Å²) in [4.78, 5) is 6.59. The SMILES string of the molecule is CC/C(=C\F)COc1ccc2nc(N3CC(C)C3)oc2c1. The Hall–Kier alpha value is -2.04. The molecule has 0 amide bonds. The maximum Gasteiger partial charge on any atom is 0.298 e. The molecule has 0 saturated carbocycles. The molecule has 0 unspecified atom stereocenters. The lowest BCUT2D eigenvalue weighted by Gasteiger charge is -2.35. The van der Waals surface area contributed by atoms with Gasteiger partial charge in [-0.3, -0.25) is 0 Å². The molecule has 5 heteroatoms. The van der Waals surface area contributed by atoms with Crippen LogP contribution in [0, 0.1) is 5.92 Å². The number of ether oxygens (including phenoxy) is 1. The summed E-state index contributed by atoms with van der Waals surface area (Å²) in [5, 5.41) is 0. The van der Waals surface area contributed by atoms with E-state index in [1.54, 1.807) is 6.07 Å². The summed E-state index contributed by atoms with van der Waals surface area (Å²) in [6, 6.07) is 6.17. The number of hydrogen-bond acceptors (Lipinski definition) is 4. The maximum atomic E-state index is 12.5. The van der Waals surface area contributed by atoms with Crippen LogP contribution in [0.4, 0.5) is 10.4 Å². The molecular formula is C16H19FN2O2. The smallest absolute Gasteiger partial charge is 0.298 e. The van der Waals surface area contributed by atoms with Gasteiger partial charge in [0.25, 0.3) is 6.01 Å². The predicted octanol–water partition coefficient (Wildman–Crippen LogP) is 3.93. The van der Waals surface area contributed by atoms with E-state index in [-0.39, 0.29) is 6.61 Å². The van der Waals surface area contributed by atoms with Crippen LogP contribution in [0.15, 0.2) is 34.5 Å². The number of rotatable bonds is 5. The van der Waals surface area contributed by atoms with Crippen molar-refractivity contribution in [1.82, 2.24) is 4.98 Å². The summed E-state index contributed by atoms with van der Waals surface area (Å²) in [5.74, 6) is 1.36. The minimum atomic E-state index is 0.253. The number of nitrogens with zero attached hydrogens (tertiary/aromatic N) is 2. The molecule has 0 radical (unpaired) electrons. The number of oxazole rings is 1. The summed E-state index contributed by atoms with van der Waals surface area (Å²) in [7, 11) is 0. The standard InChI is InChI=1S/C16H19FN2O2/c1-3-12(7-17)10-20-13-4-5-14-15(6-13)21-16(18-14)19-8-11(2)9-19/h4-7,11H,3,8-10H2,1-2H3/b12-7+. The van der Waals surface area contributed by atoms with E-state index in [9.17, 15) is 4.39 Å². The van der Waals surface area contributed by atoms with Crippen LogP contribution >= 0.6 is 0 Å². The molecule has 0 atom stereocenters. The summed E-state index contributed by atoms with van der Waals surface area (Å²) < 4.78 is 23.8. The largest absolute Gasteiger partial charge is 0.489 e. The van der Waals surface area contributed by atoms with Crippen LogP contribution in [0.1, 0.15) is 20.3 Å². The van der Waals surface area contributed by atoms with Crippen LogP contribution in [0.2, 0.25) is 0 Å². The van der Waals surface area contributed by atoms with E-state index in [4.69, 9.17) is 9.15 Å². The van der Waals surface area contributed by atoms with E-state index < -0.39 is 0 Å². The van der Waals surface area contributed by atoms with Gasteiger partial charge in [-0.15, -0.1) is 0 Å². The van der Waals surface area contributed by atoms with Gasteiger partial charge in [-0.25, -0.2) is 4.39 Å². The molecule has 0 bridgehead atoms. The zero-order chi connectivity index (χ0) is 14.8. The Morgan fingerprint density at radius 1 is 1.52 bits per heavy atom. The second-order valence-electron chi connectivity index (χ2n) is 5.55. The Morgan fingerprint density at radius 2 is 2.33 bits per heavy atom. The van der Waals surface area contributed by atoms with E-state index in [1.807, 2.05) is 19.1 Å². The number of halogens is 1. The first-order valence-corrected chi connectivity index (χ1v) is 7.26. The summed E-state index contributed by atoms with van der Waals surface area (Å²) in [6.45, 7) is 6.32. The van der Waals surface area contributed by atoms with Crippen LogP contribution in [0.5, 0.6) is 5.75 Å². The molecule has 3 rings (SSSR count). The second-order valence-corrected chi connectivity index (χ2v) is 5.55. The van der Waals surface area contributed by atoms with Crippen molar-refractivity contribution in [2.24, 2.45) is 5.92 Å². The van der Waals surface area contributed by atoms with Gasteiger partial charge in [-0.05, 0) is 30.0 Å². The molecule has 0 spiro atoms. The van der Waals surface area contributed by atoms with Crippen molar-refractivity contribution in [1.29, 1.82) is 0 Å². The average molecular weight is 290 g/mol. The molecule has 1 aliphatic heterocycles. The van der Waals surface area contributed by atoms with E-state index >= 15 is 0 Å². The Morgan fingerprint density at radius 3 is 3.00 bits per heavy atom. The molecule has 1 aromatic heterocycles. The maximum absolute atomic E-state index is 12.5. The molecule has 0 aliphatic carbocycles. The topological polar surface area (TPSA) is 38.5 Å². The van der Waals surface area contributed by atoms with Crippen molar-refractivity contribution in [2.75, 3.05) is 24.6 Å². The third-order valence-corrected chi connectivity index (χ3v) is 3.72. The molecular weight excluding hydrogens is 271 g/mol. The monoisotopic (exact) mass is 290 g/mol. The van der Waals surface area contributed by atoms with Crippen LogP contribution in [-0.2, 0) is 0 Å². The fourth-order valence-corrected chi connectivity index (χ4v) is 2.36. The lowest BCUT2D eigenvalue weighted by molar-refractivity contribution is 0.345. The molecule has 2 heterocycles. The molecule has 1 fully saturated rings. The zero-order valence-corrected chi connectivity index (χ0v) is 12.3. The normalized spacial score (nSPS) is 16.3. The molecule has 2 aromatic rings. The Balaban J connectivity index is 1.74. The molecule has 112 valence electrons. The Kier molecular flexibility index (Phi) is 3.82. The first-order chi connectivity index (χ1) is 10.2. The highest BCUT2D eigenvalue weighted by Crippen LogP contribution is 2.29. The van der Waals surface area contributed by atoms with Crippen molar-refractivity contribution in [3.63, 3.8) is 0 Å². The highest BCUT2D eigenvalue weighted by atomic mass is 19.1. The molecule has 1 aliphatic rings. The van der Waals surface area contributed by atoms with Crippen molar-refractivity contribution in [2.45, 2.75) is 20.3 Å². The van der Waals surface area contributed by atoms with Crippen molar-refractivity contribution < 1.29 is 13.5 Å². The fraction of sp³-hybridized carbons (Fsp3) is 0.438. The highest BCUT2D eigenvalue weighted by molar-refractivity contribution is 5.76. The molecule has 0 N–H and O–H groups in total.